The lowest BCUT2D eigenvalue weighted by atomic mass is 10.1. The number of anilines is 1. The van der Waals surface area contributed by atoms with Gasteiger partial charge in [0.15, 0.2) is 0 Å². The van der Waals surface area contributed by atoms with E-state index in [9.17, 15) is 0 Å². The fraction of sp³-hybridized carbons (Fsp3) is 0.294. The molecule has 2 aromatic rings. The molecule has 2 N–H and O–H groups in total. The minimum Gasteiger partial charge on any atom is -0.364 e. The van der Waals surface area contributed by atoms with Crippen LogP contribution in [0, 0.1) is 0 Å². The van der Waals surface area contributed by atoms with Crippen molar-refractivity contribution in [1.29, 1.82) is 0 Å². The van der Waals surface area contributed by atoms with Crippen LogP contribution < -0.4 is 10.6 Å². The van der Waals surface area contributed by atoms with Gasteiger partial charge in [0, 0.05) is 24.8 Å². The first-order chi connectivity index (χ1) is 9.28. The van der Waals surface area contributed by atoms with Gasteiger partial charge in [0.05, 0.1) is 0 Å². The molecule has 1 unspecified atom stereocenters. The SMILES string of the molecule is CC1Cc2ccccc2N1Cc1cccc(CN)c1. The third-order valence-corrected chi connectivity index (χ3v) is 3.93. The van der Waals surface area contributed by atoms with Crippen LogP contribution >= 0.6 is 0 Å². The second kappa shape index (κ2) is 5.06. The van der Waals surface area contributed by atoms with Crippen molar-refractivity contribution in [1.82, 2.24) is 0 Å². The van der Waals surface area contributed by atoms with Crippen LogP contribution in [-0.4, -0.2) is 6.04 Å². The first-order valence-electron chi connectivity index (χ1n) is 6.90. The van der Waals surface area contributed by atoms with Crippen molar-refractivity contribution in [3.8, 4) is 0 Å². The molecule has 0 saturated heterocycles. The lowest BCUT2D eigenvalue weighted by Gasteiger charge is -2.25. The molecule has 1 aliphatic rings. The number of hydrogen-bond donors (Lipinski definition) is 1. The molecule has 1 atom stereocenters. The van der Waals surface area contributed by atoms with E-state index >= 15 is 0 Å². The molecule has 0 spiro atoms. The minimum atomic E-state index is 0.568. The predicted octanol–water partition coefficient (Wildman–Crippen LogP) is 3.10. The van der Waals surface area contributed by atoms with Crippen LogP contribution in [0.4, 0.5) is 5.69 Å². The highest BCUT2D eigenvalue weighted by molar-refractivity contribution is 5.59. The zero-order chi connectivity index (χ0) is 13.2. The van der Waals surface area contributed by atoms with Gasteiger partial charge >= 0.3 is 0 Å². The first kappa shape index (κ1) is 12.2. The van der Waals surface area contributed by atoms with Gasteiger partial charge in [-0.25, -0.2) is 0 Å². The van der Waals surface area contributed by atoms with Crippen molar-refractivity contribution in [2.45, 2.75) is 32.5 Å². The van der Waals surface area contributed by atoms with Crippen molar-refractivity contribution in [3.63, 3.8) is 0 Å². The first-order valence-corrected chi connectivity index (χ1v) is 6.90. The van der Waals surface area contributed by atoms with Gasteiger partial charge in [-0.05, 0) is 36.1 Å². The summed E-state index contributed by atoms with van der Waals surface area (Å²) in [5.74, 6) is 0. The van der Waals surface area contributed by atoms with Crippen molar-refractivity contribution in [2.24, 2.45) is 5.73 Å². The number of nitrogens with two attached hydrogens (primary N) is 1. The summed E-state index contributed by atoms with van der Waals surface area (Å²) in [7, 11) is 0. The minimum absolute atomic E-state index is 0.568. The van der Waals surface area contributed by atoms with E-state index in [0.29, 0.717) is 12.6 Å². The van der Waals surface area contributed by atoms with Gasteiger partial charge < -0.3 is 10.6 Å². The van der Waals surface area contributed by atoms with E-state index in [4.69, 9.17) is 5.73 Å². The summed E-state index contributed by atoms with van der Waals surface area (Å²) in [6.07, 6.45) is 1.15. The van der Waals surface area contributed by atoms with Gasteiger partial charge in [-0.15, -0.1) is 0 Å². The molecule has 98 valence electrons. The molecule has 0 saturated carbocycles. The number of rotatable bonds is 3. The Morgan fingerprint density at radius 1 is 1.11 bits per heavy atom. The fourth-order valence-electron chi connectivity index (χ4n) is 2.92. The lowest BCUT2D eigenvalue weighted by molar-refractivity contribution is 0.672. The van der Waals surface area contributed by atoms with E-state index in [1.807, 2.05) is 0 Å². The Kier molecular flexibility index (Phi) is 3.26. The topological polar surface area (TPSA) is 29.3 Å². The molecule has 2 aromatic carbocycles. The maximum Gasteiger partial charge on any atom is 0.0432 e. The van der Waals surface area contributed by atoms with E-state index < -0.39 is 0 Å². The van der Waals surface area contributed by atoms with Crippen molar-refractivity contribution < 1.29 is 0 Å². The summed E-state index contributed by atoms with van der Waals surface area (Å²) >= 11 is 0. The maximum absolute atomic E-state index is 5.72. The number of nitrogens with zero attached hydrogens (tertiary/aromatic N) is 1. The second-order valence-corrected chi connectivity index (χ2v) is 5.33. The molecule has 0 amide bonds. The maximum atomic E-state index is 5.72. The molecule has 3 rings (SSSR count). The highest BCUT2D eigenvalue weighted by atomic mass is 15.2. The molecule has 0 bridgehead atoms. The smallest absolute Gasteiger partial charge is 0.0432 e. The van der Waals surface area contributed by atoms with Crippen LogP contribution in [0.5, 0.6) is 0 Å². The number of para-hydroxylation sites is 1. The Labute approximate surface area is 114 Å². The lowest BCUT2D eigenvalue weighted by Crippen LogP contribution is -2.28. The van der Waals surface area contributed by atoms with E-state index in [1.165, 1.54) is 22.4 Å². The summed E-state index contributed by atoms with van der Waals surface area (Å²) in [4.78, 5) is 2.49. The third kappa shape index (κ3) is 2.36. The summed E-state index contributed by atoms with van der Waals surface area (Å²) in [6.45, 7) is 3.87. The van der Waals surface area contributed by atoms with Gasteiger partial charge in [0.25, 0.3) is 0 Å². The van der Waals surface area contributed by atoms with Crippen LogP contribution in [0.1, 0.15) is 23.6 Å². The number of hydrogen-bond acceptors (Lipinski definition) is 2. The standard InChI is InChI=1S/C17H20N2/c1-13-9-16-7-2-3-8-17(16)19(13)12-15-6-4-5-14(10-15)11-18/h2-8,10,13H,9,11-12,18H2,1H3. The van der Waals surface area contributed by atoms with Crippen LogP contribution in [0.25, 0.3) is 0 Å². The average Bonchev–Trinajstić information content (AvgIpc) is 2.76. The Morgan fingerprint density at radius 2 is 1.89 bits per heavy atom. The monoisotopic (exact) mass is 252 g/mol. The van der Waals surface area contributed by atoms with E-state index in [-0.39, 0.29) is 0 Å². The van der Waals surface area contributed by atoms with E-state index in [0.717, 1.165) is 13.0 Å². The molecule has 0 fully saturated rings. The van der Waals surface area contributed by atoms with Gasteiger partial charge in [-0.2, -0.15) is 0 Å². The molecule has 0 aliphatic carbocycles. The van der Waals surface area contributed by atoms with Crippen LogP contribution in [0.15, 0.2) is 48.5 Å². The molecule has 2 nitrogen and oxygen atoms in total. The quantitative estimate of drug-likeness (QED) is 0.909. The molecule has 1 heterocycles. The van der Waals surface area contributed by atoms with Gasteiger partial charge in [0.1, 0.15) is 0 Å². The van der Waals surface area contributed by atoms with E-state index in [2.05, 4.69) is 60.4 Å². The third-order valence-electron chi connectivity index (χ3n) is 3.93. The summed E-state index contributed by atoms with van der Waals surface area (Å²) in [5.41, 5.74) is 11.1. The van der Waals surface area contributed by atoms with Crippen molar-refractivity contribution in [2.75, 3.05) is 4.90 Å². The van der Waals surface area contributed by atoms with Gasteiger partial charge in [0.2, 0.25) is 0 Å². The largest absolute Gasteiger partial charge is 0.364 e. The Hall–Kier alpha value is -1.80. The van der Waals surface area contributed by atoms with Crippen LogP contribution in [-0.2, 0) is 19.5 Å². The molecule has 0 radical (unpaired) electrons. The highest BCUT2D eigenvalue weighted by Crippen LogP contribution is 2.33. The molecule has 1 aliphatic heterocycles. The summed E-state index contributed by atoms with van der Waals surface area (Å²) in [5, 5.41) is 0. The Morgan fingerprint density at radius 3 is 2.74 bits per heavy atom. The molecule has 2 heteroatoms. The molecule has 0 aromatic heterocycles. The summed E-state index contributed by atoms with van der Waals surface area (Å²) in [6, 6.07) is 17.9. The average molecular weight is 252 g/mol. The van der Waals surface area contributed by atoms with Crippen LogP contribution in [0.3, 0.4) is 0 Å². The van der Waals surface area contributed by atoms with Crippen LogP contribution in [0.2, 0.25) is 0 Å². The van der Waals surface area contributed by atoms with Gasteiger partial charge in [-0.1, -0.05) is 42.5 Å². The molecular formula is C17H20N2. The van der Waals surface area contributed by atoms with Gasteiger partial charge in [-0.3, -0.25) is 0 Å². The second-order valence-electron chi connectivity index (χ2n) is 5.33. The number of benzene rings is 2. The summed E-state index contributed by atoms with van der Waals surface area (Å²) < 4.78 is 0. The van der Waals surface area contributed by atoms with Crippen molar-refractivity contribution >= 4 is 5.69 Å². The van der Waals surface area contributed by atoms with E-state index in [1.54, 1.807) is 0 Å². The zero-order valence-corrected chi connectivity index (χ0v) is 11.3. The number of fused-ring (bicyclic) bond motifs is 1. The Bertz CT molecular complexity index is 577. The molecular weight excluding hydrogens is 232 g/mol. The Balaban J connectivity index is 1.87. The van der Waals surface area contributed by atoms with Crippen molar-refractivity contribution in [3.05, 3.63) is 65.2 Å². The molecule has 19 heavy (non-hydrogen) atoms. The predicted molar refractivity (Wildman–Crippen MR) is 80.1 cm³/mol. The highest BCUT2D eigenvalue weighted by Gasteiger charge is 2.25. The normalized spacial score (nSPS) is 17.6. The zero-order valence-electron chi connectivity index (χ0n) is 11.3. The fourth-order valence-corrected chi connectivity index (χ4v) is 2.92.